The molecule has 2 heterocycles. The number of hydrogen-bond acceptors (Lipinski definition) is 5. The number of ether oxygens (including phenoxy) is 2. The van der Waals surface area contributed by atoms with Gasteiger partial charge in [-0.05, 0) is 43.0 Å². The first-order valence-electron chi connectivity index (χ1n) is 10.2. The number of nitrogens with zero attached hydrogens (tertiary/aromatic N) is 1. The number of hydrogen-bond donors (Lipinski definition) is 1. The van der Waals surface area contributed by atoms with Gasteiger partial charge in [-0.25, -0.2) is 9.18 Å². The molecule has 2 aliphatic rings. The lowest BCUT2D eigenvalue weighted by Crippen LogP contribution is -2.62. The number of rotatable bonds is 10. The lowest BCUT2D eigenvalue weighted by molar-refractivity contribution is -0.171. The molecule has 0 unspecified atom stereocenters. The van der Waals surface area contributed by atoms with Crippen molar-refractivity contribution in [2.45, 2.75) is 63.6 Å². The molecule has 1 N–H and O–H groups in total. The third-order valence-corrected chi connectivity index (χ3v) is 5.56. The highest BCUT2D eigenvalue weighted by atomic mass is 19.1. The molecule has 0 radical (unpaired) electrons. The van der Waals surface area contributed by atoms with Gasteiger partial charge in [0.15, 0.2) is 6.23 Å². The second kappa shape index (κ2) is 9.28. The number of esters is 1. The van der Waals surface area contributed by atoms with Crippen LogP contribution in [0.15, 0.2) is 36.1 Å². The summed E-state index contributed by atoms with van der Waals surface area (Å²) in [6.45, 7) is 1.16. The van der Waals surface area contributed by atoms with E-state index in [-0.39, 0.29) is 36.9 Å². The molecule has 0 aliphatic carbocycles. The second-order valence-corrected chi connectivity index (χ2v) is 7.62. The van der Waals surface area contributed by atoms with Crippen LogP contribution in [0, 0.1) is 5.82 Å². The standard InChI is InChI=1S/C22H26FNO6/c1-15(25)29-13-11-18-22(21(27)28,24-19(26)14-20(24)30-18)12-5-3-2-4-6-16-7-9-17(23)10-8-16/h7-11,20H,2-6,12-14H2,1H3,(H,27,28)/b18-11-/t20-,22-/m1/s1. The lowest BCUT2D eigenvalue weighted by atomic mass is 9.86. The van der Waals surface area contributed by atoms with Crippen LogP contribution in [-0.4, -0.2) is 46.2 Å². The lowest BCUT2D eigenvalue weighted by Gasteiger charge is -2.40. The molecule has 30 heavy (non-hydrogen) atoms. The molecule has 2 aliphatic heterocycles. The predicted molar refractivity (Wildman–Crippen MR) is 105 cm³/mol. The van der Waals surface area contributed by atoms with Gasteiger partial charge in [-0.2, -0.15) is 0 Å². The van der Waals surface area contributed by atoms with Crippen molar-refractivity contribution in [1.29, 1.82) is 0 Å². The number of carboxylic acid groups (broad SMARTS) is 1. The highest BCUT2D eigenvalue weighted by Gasteiger charge is 2.64. The number of benzene rings is 1. The minimum Gasteiger partial charge on any atom is -0.479 e. The summed E-state index contributed by atoms with van der Waals surface area (Å²) >= 11 is 0. The number of halogens is 1. The Bertz CT molecular complexity index is 837. The number of aryl methyl sites for hydroxylation is 1. The molecule has 0 aromatic heterocycles. The van der Waals surface area contributed by atoms with Crippen molar-refractivity contribution in [3.8, 4) is 0 Å². The van der Waals surface area contributed by atoms with Gasteiger partial charge < -0.3 is 14.6 Å². The van der Waals surface area contributed by atoms with Crippen molar-refractivity contribution in [2.75, 3.05) is 6.61 Å². The summed E-state index contributed by atoms with van der Waals surface area (Å²) in [5.74, 6) is -1.97. The Morgan fingerprint density at radius 1 is 1.27 bits per heavy atom. The molecule has 3 rings (SSSR count). The van der Waals surface area contributed by atoms with E-state index in [1.807, 2.05) is 0 Å². The van der Waals surface area contributed by atoms with E-state index in [1.165, 1.54) is 30.0 Å². The molecule has 0 bridgehead atoms. The second-order valence-electron chi connectivity index (χ2n) is 7.62. The fourth-order valence-electron chi connectivity index (χ4n) is 4.03. The number of aliphatic carboxylic acids is 1. The zero-order valence-corrected chi connectivity index (χ0v) is 16.9. The SMILES string of the molecule is CC(=O)OC/C=C1\O[C@@H]2CC(=O)N2[C@@]1(CCCCCCc1ccc(F)cc1)C(=O)O. The average molecular weight is 419 g/mol. The van der Waals surface area contributed by atoms with Crippen LogP contribution in [-0.2, 0) is 30.3 Å². The largest absolute Gasteiger partial charge is 0.479 e. The van der Waals surface area contributed by atoms with Gasteiger partial charge in [-0.3, -0.25) is 14.5 Å². The Labute approximate surface area is 174 Å². The number of carbonyl (C=O) groups excluding carboxylic acids is 2. The van der Waals surface area contributed by atoms with Crippen LogP contribution in [0.3, 0.4) is 0 Å². The Hall–Kier alpha value is -2.90. The van der Waals surface area contributed by atoms with Crippen LogP contribution in [0.4, 0.5) is 4.39 Å². The van der Waals surface area contributed by atoms with Crippen LogP contribution in [0.2, 0.25) is 0 Å². The topological polar surface area (TPSA) is 93.1 Å². The fourth-order valence-corrected chi connectivity index (χ4v) is 4.03. The molecule has 1 aromatic carbocycles. The molecular formula is C22H26FNO6. The molecule has 2 saturated heterocycles. The smallest absolute Gasteiger partial charge is 0.337 e. The minimum atomic E-state index is -1.54. The van der Waals surface area contributed by atoms with Crippen LogP contribution in [0.5, 0.6) is 0 Å². The zero-order valence-electron chi connectivity index (χ0n) is 16.9. The number of unbranched alkanes of at least 4 members (excludes halogenated alkanes) is 3. The first-order valence-corrected chi connectivity index (χ1v) is 10.2. The molecule has 1 aromatic rings. The van der Waals surface area contributed by atoms with Gasteiger partial charge in [-0.15, -0.1) is 0 Å². The molecule has 162 valence electrons. The van der Waals surface area contributed by atoms with Crippen molar-refractivity contribution in [2.24, 2.45) is 0 Å². The Morgan fingerprint density at radius 2 is 1.97 bits per heavy atom. The average Bonchev–Trinajstić information content (AvgIpc) is 2.94. The van der Waals surface area contributed by atoms with Crippen LogP contribution in [0.25, 0.3) is 0 Å². The van der Waals surface area contributed by atoms with Gasteiger partial charge in [0.1, 0.15) is 18.2 Å². The van der Waals surface area contributed by atoms with E-state index in [2.05, 4.69) is 0 Å². The van der Waals surface area contributed by atoms with Crippen LogP contribution >= 0.6 is 0 Å². The number of amides is 1. The van der Waals surface area contributed by atoms with E-state index < -0.39 is 23.7 Å². The van der Waals surface area contributed by atoms with Crippen molar-refractivity contribution in [1.82, 2.24) is 4.90 Å². The van der Waals surface area contributed by atoms with Crippen molar-refractivity contribution in [3.05, 3.63) is 47.5 Å². The van der Waals surface area contributed by atoms with Gasteiger partial charge in [0, 0.05) is 6.92 Å². The molecule has 8 heteroatoms. The van der Waals surface area contributed by atoms with Gasteiger partial charge in [-0.1, -0.05) is 31.4 Å². The summed E-state index contributed by atoms with van der Waals surface area (Å²) in [5, 5.41) is 10.0. The summed E-state index contributed by atoms with van der Waals surface area (Å²) in [6, 6.07) is 6.41. The summed E-state index contributed by atoms with van der Waals surface area (Å²) in [6.07, 6.45) is 5.25. The van der Waals surface area contributed by atoms with E-state index in [4.69, 9.17) is 9.47 Å². The van der Waals surface area contributed by atoms with E-state index in [1.54, 1.807) is 12.1 Å². The minimum absolute atomic E-state index is 0.105. The Morgan fingerprint density at radius 3 is 2.60 bits per heavy atom. The third-order valence-electron chi connectivity index (χ3n) is 5.56. The summed E-state index contributed by atoms with van der Waals surface area (Å²) in [5.41, 5.74) is -0.482. The monoisotopic (exact) mass is 419 g/mol. The molecule has 0 spiro atoms. The van der Waals surface area contributed by atoms with E-state index in [9.17, 15) is 23.9 Å². The first-order chi connectivity index (χ1) is 14.3. The maximum atomic E-state index is 12.9. The summed E-state index contributed by atoms with van der Waals surface area (Å²) < 4.78 is 23.5. The van der Waals surface area contributed by atoms with E-state index in [0.29, 0.717) is 6.42 Å². The van der Waals surface area contributed by atoms with Gasteiger partial charge in [0.25, 0.3) is 0 Å². The zero-order chi connectivity index (χ0) is 21.7. The van der Waals surface area contributed by atoms with Crippen molar-refractivity contribution >= 4 is 17.8 Å². The molecule has 7 nitrogen and oxygen atoms in total. The molecule has 2 fully saturated rings. The highest BCUT2D eigenvalue weighted by Crippen LogP contribution is 2.47. The van der Waals surface area contributed by atoms with Crippen molar-refractivity contribution in [3.63, 3.8) is 0 Å². The van der Waals surface area contributed by atoms with Gasteiger partial charge in [0.05, 0.1) is 6.42 Å². The number of fused-ring (bicyclic) bond motifs is 1. The summed E-state index contributed by atoms with van der Waals surface area (Å²) in [4.78, 5) is 36.7. The Kier molecular flexibility index (Phi) is 6.74. The molecular weight excluding hydrogens is 393 g/mol. The normalized spacial score (nSPS) is 23.7. The quantitative estimate of drug-likeness (QED) is 0.356. The van der Waals surface area contributed by atoms with Gasteiger partial charge in [0.2, 0.25) is 11.4 Å². The first kappa shape index (κ1) is 21.8. The maximum Gasteiger partial charge on any atom is 0.337 e. The third kappa shape index (κ3) is 4.47. The maximum absolute atomic E-state index is 12.9. The highest BCUT2D eigenvalue weighted by molar-refractivity contribution is 5.94. The van der Waals surface area contributed by atoms with E-state index in [0.717, 1.165) is 31.2 Å². The van der Waals surface area contributed by atoms with Crippen LogP contribution < -0.4 is 0 Å². The number of carboxylic acids is 1. The number of carbonyl (C=O) groups is 3. The molecule has 0 saturated carbocycles. The fraction of sp³-hybridized carbons (Fsp3) is 0.500. The number of β-lactam (4-membered cyclic amide) rings is 1. The molecule has 1 amide bonds. The summed E-state index contributed by atoms with van der Waals surface area (Å²) in [7, 11) is 0. The van der Waals surface area contributed by atoms with Gasteiger partial charge >= 0.3 is 11.9 Å². The van der Waals surface area contributed by atoms with Crippen molar-refractivity contribution < 1.29 is 33.4 Å². The van der Waals surface area contributed by atoms with Crippen LogP contribution in [0.1, 0.15) is 51.0 Å². The predicted octanol–water partition coefficient (Wildman–Crippen LogP) is 3.18. The Balaban J connectivity index is 1.57. The molecule has 2 atom stereocenters. The van der Waals surface area contributed by atoms with E-state index >= 15 is 0 Å².